The molecule has 0 atom stereocenters. The molecule has 5 nitrogen and oxygen atoms in total. The first-order valence-electron chi connectivity index (χ1n) is 7.02. The molecule has 1 aliphatic heterocycles. The lowest BCUT2D eigenvalue weighted by Gasteiger charge is -2.23. The van der Waals surface area contributed by atoms with Crippen molar-refractivity contribution in [3.63, 3.8) is 0 Å². The van der Waals surface area contributed by atoms with Gasteiger partial charge in [-0.25, -0.2) is 0 Å². The van der Waals surface area contributed by atoms with E-state index in [4.69, 9.17) is 9.15 Å². The third kappa shape index (κ3) is 2.99. The van der Waals surface area contributed by atoms with Crippen LogP contribution in [0.5, 0.6) is 0 Å². The summed E-state index contributed by atoms with van der Waals surface area (Å²) in [5.74, 6) is 1.27. The molecule has 5 heteroatoms. The second-order valence-corrected chi connectivity index (χ2v) is 5.21. The maximum absolute atomic E-state index is 5.38. The smallest absolute Gasteiger partial charge is 0.247 e. The van der Waals surface area contributed by atoms with E-state index in [0.29, 0.717) is 11.8 Å². The van der Waals surface area contributed by atoms with Crippen LogP contribution in [0.15, 0.2) is 29.0 Å². The van der Waals surface area contributed by atoms with Crippen molar-refractivity contribution in [3.8, 4) is 11.5 Å². The Morgan fingerprint density at radius 3 is 2.85 bits per heavy atom. The van der Waals surface area contributed by atoms with Gasteiger partial charge in [-0.05, 0) is 49.4 Å². The fraction of sp³-hybridized carbons (Fsp3) is 0.467. The van der Waals surface area contributed by atoms with Crippen LogP contribution in [0.2, 0.25) is 0 Å². The molecular weight excluding hydrogens is 254 g/mol. The van der Waals surface area contributed by atoms with Crippen LogP contribution in [-0.4, -0.2) is 30.0 Å². The summed E-state index contributed by atoms with van der Waals surface area (Å²) >= 11 is 0. The lowest BCUT2D eigenvalue weighted by Crippen LogP contribution is -2.22. The van der Waals surface area contributed by atoms with E-state index in [-0.39, 0.29) is 0 Å². The van der Waals surface area contributed by atoms with Gasteiger partial charge in [-0.2, -0.15) is 0 Å². The van der Waals surface area contributed by atoms with Crippen LogP contribution < -0.4 is 5.32 Å². The summed E-state index contributed by atoms with van der Waals surface area (Å²) in [5.41, 5.74) is 3.31. The highest BCUT2D eigenvalue weighted by Gasteiger charge is 2.14. The van der Waals surface area contributed by atoms with Crippen molar-refractivity contribution in [1.82, 2.24) is 10.2 Å². The Labute approximate surface area is 118 Å². The highest BCUT2D eigenvalue weighted by atomic mass is 16.5. The van der Waals surface area contributed by atoms with Gasteiger partial charge in [0.15, 0.2) is 0 Å². The zero-order valence-electron chi connectivity index (χ0n) is 11.6. The molecule has 2 heterocycles. The van der Waals surface area contributed by atoms with Crippen molar-refractivity contribution in [2.45, 2.75) is 19.8 Å². The lowest BCUT2D eigenvalue weighted by atomic mass is 10.00. The average Bonchev–Trinajstić information content (AvgIpc) is 3.01. The SMILES string of the molecule is Cc1cc(-c2nnco2)ccc1NCC1CCOCC1. The molecule has 0 aliphatic carbocycles. The van der Waals surface area contributed by atoms with Crippen LogP contribution in [0.4, 0.5) is 5.69 Å². The maximum Gasteiger partial charge on any atom is 0.247 e. The largest absolute Gasteiger partial charge is 0.423 e. The van der Waals surface area contributed by atoms with Crippen LogP contribution in [-0.2, 0) is 4.74 Å². The van der Waals surface area contributed by atoms with Crippen molar-refractivity contribution in [3.05, 3.63) is 30.2 Å². The summed E-state index contributed by atoms with van der Waals surface area (Å²) in [6, 6.07) is 6.15. The second kappa shape index (κ2) is 6.05. The topological polar surface area (TPSA) is 60.2 Å². The Balaban J connectivity index is 1.65. The highest BCUT2D eigenvalue weighted by Crippen LogP contribution is 2.24. The molecule has 3 rings (SSSR count). The Morgan fingerprint density at radius 2 is 2.15 bits per heavy atom. The summed E-state index contributed by atoms with van der Waals surface area (Å²) < 4.78 is 10.6. The van der Waals surface area contributed by atoms with Crippen molar-refractivity contribution >= 4 is 5.69 Å². The zero-order valence-corrected chi connectivity index (χ0v) is 11.6. The first kappa shape index (κ1) is 13.1. The molecule has 2 aromatic rings. The standard InChI is InChI=1S/C15H19N3O2/c1-11-8-13(15-18-17-10-20-15)2-3-14(11)16-9-12-4-6-19-7-5-12/h2-3,8,10,12,16H,4-7,9H2,1H3. The van der Waals surface area contributed by atoms with Crippen LogP contribution in [0.25, 0.3) is 11.5 Å². The normalized spacial score (nSPS) is 16.2. The van der Waals surface area contributed by atoms with Crippen LogP contribution in [0.3, 0.4) is 0 Å². The van der Waals surface area contributed by atoms with Gasteiger partial charge in [0.1, 0.15) is 0 Å². The Morgan fingerprint density at radius 1 is 1.30 bits per heavy atom. The van der Waals surface area contributed by atoms with Gasteiger partial charge in [0.25, 0.3) is 0 Å². The van der Waals surface area contributed by atoms with Gasteiger partial charge >= 0.3 is 0 Å². The van der Waals surface area contributed by atoms with E-state index in [1.807, 2.05) is 6.07 Å². The molecule has 1 aromatic carbocycles. The average molecular weight is 273 g/mol. The Kier molecular flexibility index (Phi) is 3.97. The van der Waals surface area contributed by atoms with Crippen LogP contribution >= 0.6 is 0 Å². The number of rotatable bonds is 4. The number of hydrogen-bond acceptors (Lipinski definition) is 5. The molecule has 1 fully saturated rings. The van der Waals surface area contributed by atoms with E-state index in [9.17, 15) is 0 Å². The summed E-state index contributed by atoms with van der Waals surface area (Å²) in [7, 11) is 0. The fourth-order valence-corrected chi connectivity index (χ4v) is 2.50. The van der Waals surface area contributed by atoms with Crippen molar-refractivity contribution in [1.29, 1.82) is 0 Å². The number of hydrogen-bond donors (Lipinski definition) is 1. The quantitative estimate of drug-likeness (QED) is 0.928. The number of nitrogens with zero attached hydrogens (tertiary/aromatic N) is 2. The minimum absolute atomic E-state index is 0.559. The number of aryl methyl sites for hydroxylation is 1. The molecule has 0 unspecified atom stereocenters. The van der Waals surface area contributed by atoms with Crippen molar-refractivity contribution in [2.24, 2.45) is 5.92 Å². The number of anilines is 1. The summed E-state index contributed by atoms with van der Waals surface area (Å²) in [6.07, 6.45) is 3.64. The monoisotopic (exact) mass is 273 g/mol. The van der Waals surface area contributed by atoms with Crippen LogP contribution in [0.1, 0.15) is 18.4 Å². The van der Waals surface area contributed by atoms with Crippen molar-refractivity contribution < 1.29 is 9.15 Å². The zero-order chi connectivity index (χ0) is 13.8. The van der Waals surface area contributed by atoms with Crippen molar-refractivity contribution in [2.75, 3.05) is 25.1 Å². The van der Waals surface area contributed by atoms with Gasteiger partial charge in [-0.1, -0.05) is 0 Å². The third-order valence-electron chi connectivity index (χ3n) is 3.76. The molecule has 1 saturated heterocycles. The van der Waals surface area contributed by atoms with E-state index in [0.717, 1.165) is 38.2 Å². The summed E-state index contributed by atoms with van der Waals surface area (Å²) in [5, 5.41) is 11.2. The molecule has 106 valence electrons. The molecule has 0 saturated carbocycles. The van der Waals surface area contributed by atoms with Crippen LogP contribution in [0, 0.1) is 12.8 Å². The molecule has 0 radical (unpaired) electrons. The minimum Gasteiger partial charge on any atom is -0.423 e. The van der Waals surface area contributed by atoms with Gasteiger partial charge in [-0.15, -0.1) is 10.2 Å². The predicted molar refractivity (Wildman–Crippen MR) is 76.5 cm³/mol. The van der Waals surface area contributed by atoms with Gasteiger partial charge in [-0.3, -0.25) is 0 Å². The lowest BCUT2D eigenvalue weighted by molar-refractivity contribution is 0.0699. The van der Waals surface area contributed by atoms with E-state index in [1.54, 1.807) is 0 Å². The van der Waals surface area contributed by atoms with E-state index in [1.165, 1.54) is 17.6 Å². The summed E-state index contributed by atoms with van der Waals surface area (Å²) in [6.45, 7) is 4.87. The maximum atomic E-state index is 5.38. The minimum atomic E-state index is 0.559. The molecule has 1 aromatic heterocycles. The molecular formula is C15H19N3O2. The third-order valence-corrected chi connectivity index (χ3v) is 3.76. The van der Waals surface area contributed by atoms with E-state index < -0.39 is 0 Å². The fourth-order valence-electron chi connectivity index (χ4n) is 2.50. The van der Waals surface area contributed by atoms with Gasteiger partial charge in [0, 0.05) is 31.0 Å². The number of benzene rings is 1. The molecule has 1 aliphatic rings. The molecule has 0 amide bonds. The van der Waals surface area contributed by atoms with Gasteiger partial charge < -0.3 is 14.5 Å². The number of nitrogens with one attached hydrogen (secondary N) is 1. The van der Waals surface area contributed by atoms with E-state index in [2.05, 4.69) is 34.6 Å². The molecule has 20 heavy (non-hydrogen) atoms. The Hall–Kier alpha value is -1.88. The first-order chi connectivity index (χ1) is 9.83. The van der Waals surface area contributed by atoms with E-state index >= 15 is 0 Å². The first-order valence-corrected chi connectivity index (χ1v) is 7.02. The highest BCUT2D eigenvalue weighted by molar-refractivity contribution is 5.62. The number of aromatic nitrogens is 2. The molecule has 1 N–H and O–H groups in total. The Bertz CT molecular complexity index is 548. The second-order valence-electron chi connectivity index (χ2n) is 5.21. The van der Waals surface area contributed by atoms with Gasteiger partial charge in [0.05, 0.1) is 0 Å². The molecule has 0 bridgehead atoms. The van der Waals surface area contributed by atoms with Gasteiger partial charge in [0.2, 0.25) is 12.3 Å². The molecule has 0 spiro atoms. The number of ether oxygens (including phenoxy) is 1. The summed E-state index contributed by atoms with van der Waals surface area (Å²) in [4.78, 5) is 0. The predicted octanol–water partition coefficient (Wildman–Crippen LogP) is 2.88.